The van der Waals surface area contributed by atoms with Crippen LogP contribution < -0.4 is 10.1 Å². The zero-order valence-electron chi connectivity index (χ0n) is 18.3. The Morgan fingerprint density at radius 2 is 1.65 bits per heavy atom. The summed E-state index contributed by atoms with van der Waals surface area (Å²) in [5, 5.41) is 2.91. The smallest absolute Gasteiger partial charge is 0.344 e. The average Bonchev–Trinajstić information content (AvgIpc) is 2.73. The van der Waals surface area contributed by atoms with Crippen molar-refractivity contribution in [2.45, 2.75) is 33.8 Å². The van der Waals surface area contributed by atoms with Gasteiger partial charge in [0, 0.05) is 5.56 Å². The third kappa shape index (κ3) is 5.95. The van der Waals surface area contributed by atoms with Crippen LogP contribution >= 0.6 is 0 Å². The first-order valence-corrected chi connectivity index (χ1v) is 10.2. The van der Waals surface area contributed by atoms with E-state index in [1.807, 2.05) is 50.2 Å². The van der Waals surface area contributed by atoms with Gasteiger partial charge in [0.15, 0.2) is 6.61 Å². The predicted molar refractivity (Wildman–Crippen MR) is 122 cm³/mol. The summed E-state index contributed by atoms with van der Waals surface area (Å²) in [6, 6.07) is 21.0. The van der Waals surface area contributed by atoms with Gasteiger partial charge < -0.3 is 14.8 Å². The third-order valence-electron chi connectivity index (χ3n) is 4.68. The summed E-state index contributed by atoms with van der Waals surface area (Å²) in [6.45, 7) is 7.27. The average molecular weight is 418 g/mol. The molecule has 0 radical (unpaired) electrons. The van der Waals surface area contributed by atoms with E-state index in [1.54, 1.807) is 38.1 Å². The van der Waals surface area contributed by atoms with Gasteiger partial charge in [0.25, 0.3) is 5.91 Å². The Balaban J connectivity index is 1.79. The summed E-state index contributed by atoms with van der Waals surface area (Å²) in [4.78, 5) is 24.9. The highest BCUT2D eigenvalue weighted by molar-refractivity contribution is 6.06. The Morgan fingerprint density at radius 1 is 0.903 bits per heavy atom. The fraction of sp³-hybridized carbons (Fsp3) is 0.231. The largest absolute Gasteiger partial charge is 0.480 e. The van der Waals surface area contributed by atoms with Gasteiger partial charge in [0.05, 0.1) is 11.8 Å². The van der Waals surface area contributed by atoms with E-state index in [0.717, 1.165) is 22.3 Å². The lowest BCUT2D eigenvalue weighted by Crippen LogP contribution is -2.20. The molecule has 0 saturated carbocycles. The van der Waals surface area contributed by atoms with Gasteiger partial charge >= 0.3 is 5.97 Å². The number of anilines is 1. The first kappa shape index (κ1) is 22.1. The van der Waals surface area contributed by atoms with Crippen molar-refractivity contribution in [3.63, 3.8) is 0 Å². The van der Waals surface area contributed by atoms with E-state index in [9.17, 15) is 9.59 Å². The molecule has 0 heterocycles. The molecule has 3 aromatic rings. The fourth-order valence-corrected chi connectivity index (χ4v) is 3.19. The van der Waals surface area contributed by atoms with Crippen LogP contribution in [0.15, 0.2) is 66.7 Å². The number of carbonyl (C=O) groups excluding carboxylic acids is 2. The standard InChI is InChI=1S/C26H27NO4/c1-17(2)31-25(28)16-30-24-11-6-5-10-23(24)27-26(29)22-15-21(13-12-19(22)4)20-9-7-8-18(3)14-20/h5-15,17H,16H2,1-4H3,(H,27,29). The predicted octanol–water partition coefficient (Wildman–Crippen LogP) is 5.55. The van der Waals surface area contributed by atoms with Crippen LogP contribution in [0.4, 0.5) is 5.69 Å². The third-order valence-corrected chi connectivity index (χ3v) is 4.68. The van der Waals surface area contributed by atoms with Crippen molar-refractivity contribution in [2.75, 3.05) is 11.9 Å². The van der Waals surface area contributed by atoms with Crippen LogP contribution in [-0.2, 0) is 9.53 Å². The molecule has 1 amide bonds. The quantitative estimate of drug-likeness (QED) is 0.512. The molecular weight excluding hydrogens is 390 g/mol. The molecular formula is C26H27NO4. The van der Waals surface area contributed by atoms with Gasteiger partial charge in [-0.1, -0.05) is 54.1 Å². The molecule has 5 nitrogen and oxygen atoms in total. The molecule has 0 bridgehead atoms. The minimum atomic E-state index is -0.460. The highest BCUT2D eigenvalue weighted by Gasteiger charge is 2.15. The molecule has 1 N–H and O–H groups in total. The molecule has 0 fully saturated rings. The molecule has 0 aliphatic rings. The number of carbonyl (C=O) groups is 2. The number of para-hydroxylation sites is 2. The first-order valence-electron chi connectivity index (χ1n) is 10.2. The molecule has 160 valence electrons. The van der Waals surface area contributed by atoms with Crippen molar-refractivity contribution in [1.82, 2.24) is 0 Å². The first-order chi connectivity index (χ1) is 14.8. The van der Waals surface area contributed by atoms with Gasteiger partial charge in [-0.3, -0.25) is 4.79 Å². The molecule has 0 spiro atoms. The molecule has 3 rings (SSSR count). The molecule has 3 aromatic carbocycles. The molecule has 0 aromatic heterocycles. The molecule has 0 aliphatic carbocycles. The van der Waals surface area contributed by atoms with Crippen molar-refractivity contribution >= 4 is 17.6 Å². The highest BCUT2D eigenvalue weighted by atomic mass is 16.6. The number of amides is 1. The lowest BCUT2D eigenvalue weighted by molar-refractivity contribution is -0.149. The minimum Gasteiger partial charge on any atom is -0.480 e. The number of ether oxygens (including phenoxy) is 2. The zero-order chi connectivity index (χ0) is 22.4. The van der Waals surface area contributed by atoms with Gasteiger partial charge in [-0.15, -0.1) is 0 Å². The van der Waals surface area contributed by atoms with Crippen molar-refractivity contribution in [3.8, 4) is 16.9 Å². The lowest BCUT2D eigenvalue weighted by Gasteiger charge is -2.14. The fourth-order valence-electron chi connectivity index (χ4n) is 3.19. The van der Waals surface area contributed by atoms with Crippen LogP contribution in [0.1, 0.15) is 35.3 Å². The molecule has 0 atom stereocenters. The number of rotatable bonds is 7. The van der Waals surface area contributed by atoms with Crippen molar-refractivity contribution in [1.29, 1.82) is 0 Å². The van der Waals surface area contributed by atoms with E-state index in [2.05, 4.69) is 11.4 Å². The summed E-state index contributed by atoms with van der Waals surface area (Å²) >= 11 is 0. The Hall–Kier alpha value is -3.60. The molecule has 0 aliphatic heterocycles. The van der Waals surface area contributed by atoms with E-state index < -0.39 is 5.97 Å². The van der Waals surface area contributed by atoms with Gasteiger partial charge in [0.1, 0.15) is 5.75 Å². The van der Waals surface area contributed by atoms with Crippen molar-refractivity contribution in [3.05, 3.63) is 83.4 Å². The van der Waals surface area contributed by atoms with E-state index in [-0.39, 0.29) is 18.6 Å². The second-order valence-corrected chi connectivity index (χ2v) is 7.68. The van der Waals surface area contributed by atoms with E-state index in [4.69, 9.17) is 9.47 Å². The van der Waals surface area contributed by atoms with Crippen molar-refractivity contribution < 1.29 is 19.1 Å². The van der Waals surface area contributed by atoms with Gasteiger partial charge in [0.2, 0.25) is 0 Å². The van der Waals surface area contributed by atoms with E-state index >= 15 is 0 Å². The van der Waals surface area contributed by atoms with Crippen LogP contribution in [0, 0.1) is 13.8 Å². The Kier molecular flexibility index (Phi) is 7.08. The van der Waals surface area contributed by atoms with Gasteiger partial charge in [-0.25, -0.2) is 4.79 Å². The van der Waals surface area contributed by atoms with Crippen molar-refractivity contribution in [2.24, 2.45) is 0 Å². The van der Waals surface area contributed by atoms with Gasteiger partial charge in [-0.2, -0.15) is 0 Å². The summed E-state index contributed by atoms with van der Waals surface area (Å²) in [7, 11) is 0. The summed E-state index contributed by atoms with van der Waals surface area (Å²) < 4.78 is 10.7. The molecule has 5 heteroatoms. The van der Waals surface area contributed by atoms with Crippen LogP contribution in [0.5, 0.6) is 5.75 Å². The summed E-state index contributed by atoms with van der Waals surface area (Å²) in [5.41, 5.74) is 5.12. The number of nitrogens with one attached hydrogen (secondary N) is 1. The number of aryl methyl sites for hydroxylation is 2. The minimum absolute atomic E-state index is 0.213. The number of esters is 1. The second-order valence-electron chi connectivity index (χ2n) is 7.68. The molecule has 0 saturated heterocycles. The van der Waals surface area contributed by atoms with Crippen LogP contribution in [-0.4, -0.2) is 24.6 Å². The van der Waals surface area contributed by atoms with E-state index in [0.29, 0.717) is 17.0 Å². The SMILES string of the molecule is Cc1cccc(-c2ccc(C)c(C(=O)Nc3ccccc3OCC(=O)OC(C)C)c2)c1. The Morgan fingerprint density at radius 3 is 2.39 bits per heavy atom. The number of hydrogen-bond donors (Lipinski definition) is 1. The highest BCUT2D eigenvalue weighted by Crippen LogP contribution is 2.27. The Bertz CT molecular complexity index is 1090. The lowest BCUT2D eigenvalue weighted by atomic mass is 9.98. The monoisotopic (exact) mass is 417 g/mol. The molecule has 0 unspecified atom stereocenters. The van der Waals surface area contributed by atoms with Crippen LogP contribution in [0.25, 0.3) is 11.1 Å². The number of benzene rings is 3. The Labute approximate surface area is 183 Å². The second kappa shape index (κ2) is 9.94. The zero-order valence-corrected chi connectivity index (χ0v) is 18.3. The van der Waals surface area contributed by atoms with E-state index in [1.165, 1.54) is 0 Å². The maximum Gasteiger partial charge on any atom is 0.344 e. The summed E-state index contributed by atoms with van der Waals surface area (Å²) in [6.07, 6.45) is -0.213. The topological polar surface area (TPSA) is 64.6 Å². The normalized spacial score (nSPS) is 10.6. The van der Waals surface area contributed by atoms with Crippen LogP contribution in [0.3, 0.4) is 0 Å². The molecule has 31 heavy (non-hydrogen) atoms. The maximum atomic E-state index is 13.1. The van der Waals surface area contributed by atoms with Gasteiger partial charge in [-0.05, 0) is 62.6 Å². The maximum absolute atomic E-state index is 13.1. The summed E-state index contributed by atoms with van der Waals surface area (Å²) in [5.74, 6) is -0.297. The number of hydrogen-bond acceptors (Lipinski definition) is 4. The van der Waals surface area contributed by atoms with Crippen LogP contribution in [0.2, 0.25) is 0 Å².